The number of aliphatic hydroxyl groups excluding tert-OH is 1. The van der Waals surface area contributed by atoms with E-state index in [1.54, 1.807) is 0 Å². The fourth-order valence-corrected chi connectivity index (χ4v) is 2.14. The third-order valence-electron chi connectivity index (χ3n) is 3.15. The van der Waals surface area contributed by atoms with Crippen LogP contribution in [0.2, 0.25) is 0 Å². The zero-order chi connectivity index (χ0) is 20.3. The Hall–Kier alpha value is -2.09. The fourth-order valence-electron chi connectivity index (χ4n) is 2.14. The Bertz CT molecular complexity index is 551. The van der Waals surface area contributed by atoms with E-state index in [0.717, 1.165) is 6.92 Å². The topological polar surface area (TPSA) is 114 Å². The Morgan fingerprint density at radius 1 is 1.12 bits per heavy atom. The summed E-state index contributed by atoms with van der Waals surface area (Å²) >= 11 is 0. The van der Waals surface area contributed by atoms with E-state index in [9.17, 15) is 45.8 Å². The van der Waals surface area contributed by atoms with E-state index >= 15 is 0 Å². The van der Waals surface area contributed by atoms with Crippen LogP contribution in [0.15, 0.2) is 0 Å². The zero-order valence-corrected chi connectivity index (χ0v) is 13.0. The largest absolute Gasteiger partial charge is 0.471 e. The quantitative estimate of drug-likeness (QED) is 0.446. The van der Waals surface area contributed by atoms with Gasteiger partial charge in [0.15, 0.2) is 6.29 Å². The normalized spacial score (nSPS) is 26.8. The maximum Gasteiger partial charge on any atom is 0.471 e. The Morgan fingerprint density at radius 3 is 2.12 bits per heavy atom. The molecule has 1 aliphatic rings. The third kappa shape index (κ3) is 6.33. The van der Waals surface area contributed by atoms with Crippen LogP contribution in [0.5, 0.6) is 0 Å². The van der Waals surface area contributed by atoms with Crippen molar-refractivity contribution in [2.24, 2.45) is 0 Å². The maximum atomic E-state index is 12.4. The second kappa shape index (κ2) is 8.07. The monoisotopic (exact) mass is 396 g/mol. The molecule has 150 valence electrons. The van der Waals surface area contributed by atoms with Gasteiger partial charge in [0.1, 0.15) is 12.2 Å². The van der Waals surface area contributed by atoms with Gasteiger partial charge >= 0.3 is 30.1 Å². The lowest BCUT2D eigenvalue weighted by Gasteiger charge is -2.39. The Morgan fingerprint density at radius 2 is 1.65 bits per heavy atom. The van der Waals surface area contributed by atoms with E-state index in [-0.39, 0.29) is 0 Å². The first-order valence-corrected chi connectivity index (χ1v) is 6.95. The Labute approximate surface area is 141 Å². The summed E-state index contributed by atoms with van der Waals surface area (Å²) in [6, 6.07) is -1.62. The summed E-state index contributed by atoms with van der Waals surface area (Å²) in [4.78, 5) is 33.0. The highest BCUT2D eigenvalue weighted by atomic mass is 19.4. The van der Waals surface area contributed by atoms with Gasteiger partial charge in [0.05, 0.1) is 6.04 Å². The van der Waals surface area contributed by atoms with Crippen molar-refractivity contribution in [3.63, 3.8) is 0 Å². The highest BCUT2D eigenvalue weighted by Gasteiger charge is 2.47. The van der Waals surface area contributed by atoms with E-state index in [2.05, 4.69) is 0 Å². The van der Waals surface area contributed by atoms with Gasteiger partial charge in [-0.1, -0.05) is 0 Å². The summed E-state index contributed by atoms with van der Waals surface area (Å²) < 4.78 is 83.3. The molecule has 14 heteroatoms. The number of amides is 2. The van der Waals surface area contributed by atoms with Crippen LogP contribution < -0.4 is 10.6 Å². The van der Waals surface area contributed by atoms with Crippen LogP contribution in [0, 0.1) is 0 Å². The van der Waals surface area contributed by atoms with Gasteiger partial charge in [0.25, 0.3) is 0 Å². The van der Waals surface area contributed by atoms with E-state index in [4.69, 9.17) is 9.47 Å². The minimum absolute atomic E-state index is 0.635. The van der Waals surface area contributed by atoms with Crippen molar-refractivity contribution in [1.29, 1.82) is 0 Å². The highest BCUT2D eigenvalue weighted by Crippen LogP contribution is 2.24. The van der Waals surface area contributed by atoms with Gasteiger partial charge in [-0.2, -0.15) is 26.3 Å². The van der Waals surface area contributed by atoms with Crippen LogP contribution in [0.3, 0.4) is 0 Å². The van der Waals surface area contributed by atoms with Crippen molar-refractivity contribution in [2.45, 2.75) is 50.2 Å². The number of carbonyl (C=O) groups excluding carboxylic acids is 3. The lowest BCUT2D eigenvalue weighted by Crippen LogP contribution is -2.61. The molecule has 0 unspecified atom stereocenters. The highest BCUT2D eigenvalue weighted by molar-refractivity contribution is 5.82. The van der Waals surface area contributed by atoms with Crippen molar-refractivity contribution >= 4 is 17.8 Å². The van der Waals surface area contributed by atoms with Gasteiger partial charge in [-0.15, -0.1) is 0 Å². The number of hydrogen-bond donors (Lipinski definition) is 3. The molecule has 0 spiro atoms. The van der Waals surface area contributed by atoms with E-state index < -0.39 is 67.6 Å². The van der Waals surface area contributed by atoms with Crippen molar-refractivity contribution in [3.05, 3.63) is 0 Å². The first-order valence-electron chi connectivity index (χ1n) is 6.95. The molecule has 0 saturated carbocycles. The maximum absolute atomic E-state index is 12.4. The molecule has 0 aromatic heterocycles. The molecule has 0 radical (unpaired) electrons. The molecule has 1 fully saturated rings. The van der Waals surface area contributed by atoms with Crippen molar-refractivity contribution in [3.8, 4) is 0 Å². The number of aliphatic hydroxyl groups is 1. The number of rotatable bonds is 4. The van der Waals surface area contributed by atoms with Crippen LogP contribution in [0.4, 0.5) is 26.3 Å². The minimum atomic E-state index is -5.29. The summed E-state index contributed by atoms with van der Waals surface area (Å²) in [6.45, 7) is -0.0925. The molecule has 0 aromatic carbocycles. The minimum Gasteiger partial charge on any atom is -0.458 e. The number of nitrogens with one attached hydrogen (secondary N) is 2. The first kappa shape index (κ1) is 22.0. The number of alkyl halides is 6. The molecule has 1 saturated heterocycles. The molecular formula is C12H14F6N2O6. The van der Waals surface area contributed by atoms with Crippen molar-refractivity contribution in [2.75, 3.05) is 6.54 Å². The van der Waals surface area contributed by atoms with Crippen LogP contribution in [-0.2, 0) is 23.9 Å². The average Bonchev–Trinajstić information content (AvgIpc) is 2.45. The molecule has 0 aromatic rings. The van der Waals surface area contributed by atoms with Crippen LogP contribution in [0.1, 0.15) is 13.3 Å². The van der Waals surface area contributed by atoms with Gasteiger partial charge in [-0.25, -0.2) is 0 Å². The smallest absolute Gasteiger partial charge is 0.458 e. The number of halogens is 6. The molecule has 0 bridgehead atoms. The number of ether oxygens (including phenoxy) is 2. The molecule has 1 rings (SSSR count). The summed E-state index contributed by atoms with van der Waals surface area (Å²) in [5.74, 6) is -5.82. The molecule has 26 heavy (non-hydrogen) atoms. The van der Waals surface area contributed by atoms with Gasteiger partial charge < -0.3 is 25.2 Å². The predicted molar refractivity (Wildman–Crippen MR) is 68.1 cm³/mol. The number of hydrogen-bond acceptors (Lipinski definition) is 6. The van der Waals surface area contributed by atoms with Crippen LogP contribution >= 0.6 is 0 Å². The lowest BCUT2D eigenvalue weighted by atomic mass is 9.97. The number of carbonyl (C=O) groups is 3. The van der Waals surface area contributed by atoms with Gasteiger partial charge in [-0.3, -0.25) is 14.4 Å². The Balaban J connectivity index is 2.93. The van der Waals surface area contributed by atoms with Gasteiger partial charge in [0, 0.05) is 19.9 Å². The molecule has 3 N–H and O–H groups in total. The molecule has 1 heterocycles. The van der Waals surface area contributed by atoms with Crippen LogP contribution in [-0.4, -0.2) is 66.3 Å². The summed E-state index contributed by atoms with van der Waals surface area (Å²) in [5.41, 5.74) is 0. The molecule has 2 amide bonds. The number of esters is 1. The zero-order valence-electron chi connectivity index (χ0n) is 13.0. The fraction of sp³-hybridized carbons (Fsp3) is 0.750. The Kier molecular flexibility index (Phi) is 6.82. The molecule has 8 nitrogen and oxygen atoms in total. The summed E-state index contributed by atoms with van der Waals surface area (Å²) in [5, 5.41) is 12.4. The predicted octanol–water partition coefficient (Wildman–Crippen LogP) is -0.249. The van der Waals surface area contributed by atoms with Crippen molar-refractivity contribution in [1.82, 2.24) is 10.6 Å². The molecule has 0 aliphatic carbocycles. The molecule has 1 aliphatic heterocycles. The van der Waals surface area contributed by atoms with Gasteiger partial charge in [0.2, 0.25) is 0 Å². The molecule has 4 atom stereocenters. The second-order valence-electron chi connectivity index (χ2n) is 5.22. The summed E-state index contributed by atoms with van der Waals surface area (Å²) in [7, 11) is 0. The van der Waals surface area contributed by atoms with E-state index in [0.29, 0.717) is 0 Å². The third-order valence-corrected chi connectivity index (χ3v) is 3.15. The van der Waals surface area contributed by atoms with E-state index in [1.165, 1.54) is 10.6 Å². The second-order valence-corrected chi connectivity index (χ2v) is 5.22. The van der Waals surface area contributed by atoms with E-state index in [1.807, 2.05) is 0 Å². The van der Waals surface area contributed by atoms with Crippen molar-refractivity contribution < 1.29 is 55.3 Å². The molecular weight excluding hydrogens is 382 g/mol. The van der Waals surface area contributed by atoms with Gasteiger partial charge in [-0.05, 0) is 0 Å². The van der Waals surface area contributed by atoms with Crippen LogP contribution in [0.25, 0.3) is 0 Å². The standard InChI is InChI=1S/C12H14F6N2O6/c1-4(21)25-8-5(20-10(24)12(16,17)18)2-7(22)26-6(8)3-19-9(23)11(13,14)15/h5-8,22H,2-3H2,1H3,(H,19,23)(H,20,24)/t5-,6+,7+,8+/m1/s1. The summed E-state index contributed by atoms with van der Waals surface area (Å²) in [6.07, 6.45) is -16.3. The average molecular weight is 396 g/mol. The SMILES string of the molecule is CC(=O)O[C@@H]1[C@H](CNC(=O)C(F)(F)F)O[C@H](O)C[C@H]1NC(=O)C(F)(F)F. The first-order chi connectivity index (χ1) is 11.7. The lowest BCUT2D eigenvalue weighted by molar-refractivity contribution is -0.221.